The van der Waals surface area contributed by atoms with Crippen LogP contribution < -0.4 is 0 Å². The highest BCUT2D eigenvalue weighted by atomic mass is 19.3. The van der Waals surface area contributed by atoms with Crippen molar-refractivity contribution in [3.8, 4) is 0 Å². The van der Waals surface area contributed by atoms with Gasteiger partial charge in [0, 0.05) is 11.6 Å². The molecule has 0 bridgehead atoms. The van der Waals surface area contributed by atoms with Gasteiger partial charge in [-0.1, -0.05) is 24.3 Å². The highest BCUT2D eigenvalue weighted by Crippen LogP contribution is 2.35. The van der Waals surface area contributed by atoms with Crippen molar-refractivity contribution in [2.45, 2.75) is 19.3 Å². The lowest BCUT2D eigenvalue weighted by Gasteiger charge is -2.12. The number of benzene rings is 2. The van der Waals surface area contributed by atoms with E-state index in [0.29, 0.717) is 5.52 Å². The quantitative estimate of drug-likeness (QED) is 0.529. The van der Waals surface area contributed by atoms with Gasteiger partial charge in [0.05, 0.1) is 11.3 Å². The van der Waals surface area contributed by atoms with E-state index < -0.39 is 23.2 Å². The van der Waals surface area contributed by atoms with Crippen LogP contribution in [0.25, 0.3) is 11.1 Å². The molecular formula is C16H12F2N2O3. The van der Waals surface area contributed by atoms with Gasteiger partial charge in [-0.05, 0) is 24.6 Å². The van der Waals surface area contributed by atoms with Crippen molar-refractivity contribution in [1.29, 1.82) is 0 Å². The number of aromatic nitrogens is 1. The summed E-state index contributed by atoms with van der Waals surface area (Å²) in [7, 11) is 0. The van der Waals surface area contributed by atoms with Gasteiger partial charge in [0.2, 0.25) is 0 Å². The standard InChI is InChI=1S/C16H12F2N2O3/c1-10-6-7-12-14(8-10)23-15(19-12)16(17,18)9-11-4-2-3-5-13(11)20(21)22/h2-8H,9H2,1H3. The maximum absolute atomic E-state index is 14.4. The van der Waals surface area contributed by atoms with Gasteiger partial charge in [0.1, 0.15) is 5.52 Å². The lowest BCUT2D eigenvalue weighted by Crippen LogP contribution is -2.18. The average Bonchev–Trinajstić information content (AvgIpc) is 2.91. The fraction of sp³-hybridized carbons (Fsp3) is 0.188. The molecule has 0 aliphatic rings. The van der Waals surface area contributed by atoms with Crippen molar-refractivity contribution in [3.63, 3.8) is 0 Å². The molecule has 0 saturated carbocycles. The molecule has 5 nitrogen and oxygen atoms in total. The number of hydrogen-bond donors (Lipinski definition) is 0. The predicted octanol–water partition coefficient (Wildman–Crippen LogP) is 4.38. The van der Waals surface area contributed by atoms with Crippen LogP contribution in [0, 0.1) is 17.0 Å². The first-order valence-corrected chi connectivity index (χ1v) is 6.84. The van der Waals surface area contributed by atoms with Gasteiger partial charge in [0.15, 0.2) is 5.58 Å². The molecular weight excluding hydrogens is 306 g/mol. The summed E-state index contributed by atoms with van der Waals surface area (Å²) >= 11 is 0. The Labute approximate surface area is 129 Å². The topological polar surface area (TPSA) is 69.2 Å². The predicted molar refractivity (Wildman–Crippen MR) is 79.4 cm³/mol. The Hall–Kier alpha value is -2.83. The maximum Gasteiger partial charge on any atom is 0.326 e. The van der Waals surface area contributed by atoms with E-state index in [-0.39, 0.29) is 16.8 Å². The van der Waals surface area contributed by atoms with Gasteiger partial charge in [-0.2, -0.15) is 8.78 Å². The maximum atomic E-state index is 14.4. The zero-order chi connectivity index (χ0) is 16.6. The van der Waals surface area contributed by atoms with Crippen LogP contribution >= 0.6 is 0 Å². The zero-order valence-corrected chi connectivity index (χ0v) is 12.1. The number of oxazole rings is 1. The molecule has 2 aromatic carbocycles. The summed E-state index contributed by atoms with van der Waals surface area (Å²) in [5.74, 6) is -4.18. The molecule has 0 fully saturated rings. The number of para-hydroxylation sites is 1. The van der Waals surface area contributed by atoms with Gasteiger partial charge in [0.25, 0.3) is 11.6 Å². The molecule has 0 atom stereocenters. The summed E-state index contributed by atoms with van der Waals surface area (Å²) in [5.41, 5.74) is 1.04. The molecule has 3 aromatic rings. The van der Waals surface area contributed by atoms with Crippen molar-refractivity contribution >= 4 is 16.8 Å². The number of hydrogen-bond acceptors (Lipinski definition) is 4. The monoisotopic (exact) mass is 318 g/mol. The van der Waals surface area contributed by atoms with Crippen LogP contribution in [0.5, 0.6) is 0 Å². The Morgan fingerprint density at radius 1 is 1.26 bits per heavy atom. The number of rotatable bonds is 4. The second-order valence-electron chi connectivity index (χ2n) is 5.26. The lowest BCUT2D eigenvalue weighted by atomic mass is 10.1. The van der Waals surface area contributed by atoms with E-state index in [1.165, 1.54) is 24.3 Å². The summed E-state index contributed by atoms with van der Waals surface area (Å²) in [6.45, 7) is 1.81. The normalized spacial score (nSPS) is 11.8. The number of fused-ring (bicyclic) bond motifs is 1. The van der Waals surface area contributed by atoms with Gasteiger partial charge >= 0.3 is 5.92 Å². The Bertz CT molecular complexity index is 890. The van der Waals surface area contributed by atoms with Crippen LogP contribution in [0.4, 0.5) is 14.5 Å². The molecule has 7 heteroatoms. The minimum Gasteiger partial charge on any atom is -0.435 e. The second kappa shape index (κ2) is 5.42. The minimum absolute atomic E-state index is 0.0686. The van der Waals surface area contributed by atoms with Crippen molar-refractivity contribution in [2.75, 3.05) is 0 Å². The summed E-state index contributed by atoms with van der Waals surface area (Å²) < 4.78 is 34.0. The van der Waals surface area contributed by atoms with E-state index in [0.717, 1.165) is 5.56 Å². The van der Waals surface area contributed by atoms with Gasteiger partial charge < -0.3 is 4.42 Å². The fourth-order valence-electron chi connectivity index (χ4n) is 2.34. The molecule has 23 heavy (non-hydrogen) atoms. The Morgan fingerprint density at radius 3 is 2.74 bits per heavy atom. The van der Waals surface area contributed by atoms with Crippen LogP contribution in [0.15, 0.2) is 46.9 Å². The molecule has 0 amide bonds. The van der Waals surface area contributed by atoms with Gasteiger partial charge in [-0.3, -0.25) is 10.1 Å². The summed E-state index contributed by atoms with van der Waals surface area (Å²) in [6, 6.07) is 10.4. The number of nitro benzene ring substituents is 1. The van der Waals surface area contributed by atoms with E-state index in [1.807, 2.05) is 6.92 Å². The van der Waals surface area contributed by atoms with Crippen molar-refractivity contribution in [1.82, 2.24) is 4.98 Å². The third kappa shape index (κ3) is 2.90. The molecule has 0 aliphatic carbocycles. The second-order valence-corrected chi connectivity index (χ2v) is 5.26. The Balaban J connectivity index is 1.99. The largest absolute Gasteiger partial charge is 0.435 e. The molecule has 0 radical (unpaired) electrons. The summed E-state index contributed by atoms with van der Waals surface area (Å²) in [6.07, 6.45) is -0.851. The first-order chi connectivity index (χ1) is 10.9. The van der Waals surface area contributed by atoms with Crippen LogP contribution in [0.3, 0.4) is 0 Å². The molecule has 0 aliphatic heterocycles. The van der Waals surface area contributed by atoms with Crippen molar-refractivity contribution in [2.24, 2.45) is 0 Å². The van der Waals surface area contributed by atoms with E-state index in [1.54, 1.807) is 18.2 Å². The number of nitrogens with zero attached hydrogens (tertiary/aromatic N) is 2. The molecule has 118 valence electrons. The molecule has 0 spiro atoms. The first kappa shape index (κ1) is 15.1. The van der Waals surface area contributed by atoms with Crippen LogP contribution in [0.1, 0.15) is 17.0 Å². The van der Waals surface area contributed by atoms with Crippen LogP contribution in [-0.4, -0.2) is 9.91 Å². The zero-order valence-electron chi connectivity index (χ0n) is 12.1. The number of aryl methyl sites for hydroxylation is 1. The Kier molecular flexibility index (Phi) is 3.55. The number of nitro groups is 1. The molecule has 0 N–H and O–H groups in total. The fourth-order valence-corrected chi connectivity index (χ4v) is 2.34. The van der Waals surface area contributed by atoms with E-state index in [9.17, 15) is 18.9 Å². The highest BCUT2D eigenvalue weighted by molar-refractivity contribution is 5.73. The minimum atomic E-state index is -3.45. The summed E-state index contributed by atoms with van der Waals surface area (Å²) in [4.78, 5) is 14.1. The van der Waals surface area contributed by atoms with E-state index in [4.69, 9.17) is 4.42 Å². The third-order valence-corrected chi connectivity index (χ3v) is 3.46. The summed E-state index contributed by atoms with van der Waals surface area (Å²) in [5, 5.41) is 10.9. The van der Waals surface area contributed by atoms with Gasteiger partial charge in [-0.15, -0.1) is 0 Å². The molecule has 0 saturated heterocycles. The number of halogens is 2. The molecule has 1 aromatic heterocycles. The third-order valence-electron chi connectivity index (χ3n) is 3.46. The SMILES string of the molecule is Cc1ccc2nc(C(F)(F)Cc3ccccc3[N+](=O)[O-])oc2c1. The molecule has 1 heterocycles. The van der Waals surface area contributed by atoms with Crippen molar-refractivity contribution in [3.05, 3.63) is 69.6 Å². The lowest BCUT2D eigenvalue weighted by molar-refractivity contribution is -0.385. The van der Waals surface area contributed by atoms with Crippen LogP contribution in [-0.2, 0) is 12.3 Å². The molecule has 3 rings (SSSR count). The highest BCUT2D eigenvalue weighted by Gasteiger charge is 2.39. The number of alkyl halides is 2. The van der Waals surface area contributed by atoms with Crippen LogP contribution in [0.2, 0.25) is 0 Å². The molecule has 0 unspecified atom stereocenters. The van der Waals surface area contributed by atoms with E-state index >= 15 is 0 Å². The average molecular weight is 318 g/mol. The smallest absolute Gasteiger partial charge is 0.326 e. The Morgan fingerprint density at radius 2 is 2.00 bits per heavy atom. The van der Waals surface area contributed by atoms with E-state index in [2.05, 4.69) is 4.98 Å². The first-order valence-electron chi connectivity index (χ1n) is 6.84. The van der Waals surface area contributed by atoms with Crippen molar-refractivity contribution < 1.29 is 18.1 Å². The van der Waals surface area contributed by atoms with Gasteiger partial charge in [-0.25, -0.2) is 4.98 Å².